The first kappa shape index (κ1) is 29.0. The highest BCUT2D eigenvalue weighted by Gasteiger charge is 2.39. The van der Waals surface area contributed by atoms with Crippen LogP contribution in [0.3, 0.4) is 0 Å². The van der Waals surface area contributed by atoms with Crippen molar-refractivity contribution in [1.82, 2.24) is 5.32 Å². The molecule has 1 fully saturated rings. The molecule has 0 bridgehead atoms. The van der Waals surface area contributed by atoms with E-state index in [9.17, 15) is 44.3 Å². The van der Waals surface area contributed by atoms with Gasteiger partial charge in [-0.3, -0.25) is 4.79 Å². The number of nitrogens with one attached hydrogen (secondary N) is 1. The first-order valence-corrected chi connectivity index (χ1v) is 12.2. The number of ether oxygens (including phenoxy) is 1. The number of hydrogen-bond acceptors (Lipinski definition) is 4. The third-order valence-corrected chi connectivity index (χ3v) is 7.08. The molecule has 13 heteroatoms. The van der Waals surface area contributed by atoms with Crippen molar-refractivity contribution in [1.29, 1.82) is 0 Å². The van der Waals surface area contributed by atoms with E-state index in [1.54, 1.807) is 0 Å². The molecule has 2 unspecified atom stereocenters. The smallest absolute Gasteiger partial charge is 0.416 e. The van der Waals surface area contributed by atoms with E-state index in [-0.39, 0.29) is 36.1 Å². The van der Waals surface area contributed by atoms with Gasteiger partial charge in [-0.2, -0.15) is 39.5 Å². The summed E-state index contributed by atoms with van der Waals surface area (Å²) in [6, 6.07) is 3.67. The van der Waals surface area contributed by atoms with Crippen molar-refractivity contribution in [3.05, 3.63) is 64.2 Å². The zero-order valence-corrected chi connectivity index (χ0v) is 20.4. The molecule has 1 N–H and O–H groups in total. The van der Waals surface area contributed by atoms with Crippen molar-refractivity contribution in [3.63, 3.8) is 0 Å². The molecule has 39 heavy (non-hydrogen) atoms. The molecule has 0 radical (unpaired) electrons. The predicted molar refractivity (Wildman–Crippen MR) is 123 cm³/mol. The quantitative estimate of drug-likeness (QED) is 0.262. The lowest BCUT2D eigenvalue weighted by Gasteiger charge is -2.38. The topological polar surface area (TPSA) is 41.6 Å². The van der Waals surface area contributed by atoms with Gasteiger partial charge in [-0.05, 0) is 72.7 Å². The Morgan fingerprint density at radius 3 is 2.03 bits per heavy atom. The van der Waals surface area contributed by atoms with E-state index in [4.69, 9.17) is 4.74 Å². The van der Waals surface area contributed by atoms with E-state index in [0.29, 0.717) is 43.3 Å². The van der Waals surface area contributed by atoms with E-state index >= 15 is 0 Å². The Labute approximate surface area is 218 Å². The van der Waals surface area contributed by atoms with Crippen LogP contribution in [-0.4, -0.2) is 26.2 Å². The van der Waals surface area contributed by atoms with Gasteiger partial charge < -0.3 is 15.0 Å². The fraction of sp³-hybridized carbons (Fsp3) is 0.500. The number of carbonyl (C=O) groups is 1. The normalized spacial score (nSPS) is 19.0. The Bertz CT molecular complexity index is 1140. The number of carbonyl (C=O) groups excluding carboxylic acids is 1. The Hall–Kier alpha value is -2.96. The van der Waals surface area contributed by atoms with Gasteiger partial charge in [-0.15, -0.1) is 0 Å². The molecule has 0 saturated heterocycles. The van der Waals surface area contributed by atoms with Gasteiger partial charge in [-0.1, -0.05) is 0 Å². The summed E-state index contributed by atoms with van der Waals surface area (Å²) in [5.74, 6) is 0.295. The maximum Gasteiger partial charge on any atom is 0.416 e. The maximum absolute atomic E-state index is 13.5. The van der Waals surface area contributed by atoms with Crippen LogP contribution in [0, 0.1) is 11.8 Å². The summed E-state index contributed by atoms with van der Waals surface area (Å²) < 4.78 is 125. The average molecular weight is 568 g/mol. The highest BCUT2D eigenvalue weighted by atomic mass is 19.4. The lowest BCUT2D eigenvalue weighted by molar-refractivity contribution is -0.143. The fourth-order valence-corrected chi connectivity index (χ4v) is 4.97. The summed E-state index contributed by atoms with van der Waals surface area (Å²) in [5, 5.41) is 2.87. The summed E-state index contributed by atoms with van der Waals surface area (Å²) in [7, 11) is 0. The number of rotatable bonds is 9. The van der Waals surface area contributed by atoms with Crippen LogP contribution in [0.15, 0.2) is 36.4 Å². The summed E-state index contributed by atoms with van der Waals surface area (Å²) in [5.41, 5.74) is -3.43. The highest BCUT2D eigenvalue weighted by Crippen LogP contribution is 2.42. The standard InChI is InChI=1S/C26H25F9N2O2/c27-24(28,29)18-3-4-23-21(10-18)22(5-6-37(23)12-17(13-39-14-38)16-1-2-16)36-11-15-7-19(25(30,31)32)9-20(8-15)26(33,34)35/h3-4,7-10,14,16-17,22,36H,1-2,5-6,11-13H2. The summed E-state index contributed by atoms with van der Waals surface area (Å²) >= 11 is 0. The van der Waals surface area contributed by atoms with Gasteiger partial charge in [-0.25, -0.2) is 0 Å². The number of fused-ring (bicyclic) bond motifs is 1. The summed E-state index contributed by atoms with van der Waals surface area (Å²) in [6.07, 6.45) is -12.5. The molecule has 2 aliphatic rings. The van der Waals surface area contributed by atoms with Gasteiger partial charge in [0.15, 0.2) is 0 Å². The molecule has 0 spiro atoms. The molecule has 0 aromatic heterocycles. The molecule has 1 heterocycles. The number of nitrogens with zero attached hydrogens (tertiary/aromatic N) is 1. The van der Waals surface area contributed by atoms with E-state index < -0.39 is 47.8 Å². The Morgan fingerprint density at radius 2 is 1.49 bits per heavy atom. The van der Waals surface area contributed by atoms with Crippen molar-refractivity contribution < 1.29 is 49.0 Å². The third kappa shape index (κ3) is 7.17. The lowest BCUT2D eigenvalue weighted by Crippen LogP contribution is -2.40. The number of anilines is 1. The minimum absolute atomic E-state index is 0.0253. The number of benzene rings is 2. The average Bonchev–Trinajstić information content (AvgIpc) is 3.69. The predicted octanol–water partition coefficient (Wildman–Crippen LogP) is 6.98. The molecule has 214 valence electrons. The van der Waals surface area contributed by atoms with E-state index in [2.05, 4.69) is 5.32 Å². The SMILES string of the molecule is O=COCC(CN1CCC(NCc2cc(C(F)(F)F)cc(C(F)(F)F)c2)c2cc(C(F)(F)F)ccc21)C1CC1. The number of hydrogen-bond donors (Lipinski definition) is 1. The first-order chi connectivity index (χ1) is 18.2. The first-order valence-electron chi connectivity index (χ1n) is 12.2. The minimum Gasteiger partial charge on any atom is -0.468 e. The van der Waals surface area contributed by atoms with Crippen LogP contribution in [0.5, 0.6) is 0 Å². The van der Waals surface area contributed by atoms with Crippen LogP contribution in [0.25, 0.3) is 0 Å². The lowest BCUT2D eigenvalue weighted by atomic mass is 9.92. The fourth-order valence-electron chi connectivity index (χ4n) is 4.97. The molecule has 1 saturated carbocycles. The summed E-state index contributed by atoms with van der Waals surface area (Å²) in [4.78, 5) is 12.6. The minimum atomic E-state index is -5.01. The van der Waals surface area contributed by atoms with Crippen molar-refractivity contribution in [3.8, 4) is 0 Å². The second kappa shape index (κ2) is 10.9. The van der Waals surface area contributed by atoms with Crippen LogP contribution in [0.2, 0.25) is 0 Å². The second-order valence-corrected chi connectivity index (χ2v) is 9.88. The zero-order valence-electron chi connectivity index (χ0n) is 20.4. The largest absolute Gasteiger partial charge is 0.468 e. The van der Waals surface area contributed by atoms with Gasteiger partial charge in [0.2, 0.25) is 0 Å². The van der Waals surface area contributed by atoms with Crippen LogP contribution in [0.1, 0.15) is 53.1 Å². The maximum atomic E-state index is 13.5. The monoisotopic (exact) mass is 568 g/mol. The van der Waals surface area contributed by atoms with Crippen molar-refractivity contribution >= 4 is 12.2 Å². The molecular weight excluding hydrogens is 543 g/mol. The van der Waals surface area contributed by atoms with Crippen molar-refractivity contribution in [2.24, 2.45) is 11.8 Å². The van der Waals surface area contributed by atoms with Crippen LogP contribution in [-0.2, 0) is 34.6 Å². The van der Waals surface area contributed by atoms with Crippen molar-refractivity contribution in [2.75, 3.05) is 24.6 Å². The molecular formula is C26H25F9N2O2. The molecule has 4 rings (SSSR count). The van der Waals surface area contributed by atoms with E-state index in [1.807, 2.05) is 4.90 Å². The Balaban J connectivity index is 1.61. The molecule has 4 nitrogen and oxygen atoms in total. The molecule has 1 aliphatic carbocycles. The number of halogens is 9. The molecule has 2 atom stereocenters. The van der Waals surface area contributed by atoms with Gasteiger partial charge >= 0.3 is 18.5 Å². The Kier molecular flexibility index (Phi) is 8.11. The van der Waals surface area contributed by atoms with Crippen LogP contribution in [0.4, 0.5) is 45.2 Å². The van der Waals surface area contributed by atoms with Gasteiger partial charge in [0.1, 0.15) is 0 Å². The van der Waals surface area contributed by atoms with E-state index in [1.165, 1.54) is 6.07 Å². The molecule has 2 aromatic carbocycles. The number of alkyl halides is 9. The van der Waals surface area contributed by atoms with Crippen LogP contribution >= 0.6 is 0 Å². The van der Waals surface area contributed by atoms with Gasteiger partial charge in [0.05, 0.1) is 23.3 Å². The molecule has 1 aliphatic heterocycles. The molecule has 0 amide bonds. The van der Waals surface area contributed by atoms with Crippen LogP contribution < -0.4 is 10.2 Å². The second-order valence-electron chi connectivity index (χ2n) is 9.88. The third-order valence-electron chi connectivity index (χ3n) is 7.08. The Morgan fingerprint density at radius 1 is 0.872 bits per heavy atom. The van der Waals surface area contributed by atoms with Crippen molar-refractivity contribution in [2.45, 2.75) is 50.4 Å². The highest BCUT2D eigenvalue weighted by molar-refractivity contribution is 5.59. The zero-order chi connectivity index (χ0) is 28.6. The molecule has 2 aromatic rings. The van der Waals surface area contributed by atoms with E-state index in [0.717, 1.165) is 25.0 Å². The summed E-state index contributed by atoms with van der Waals surface area (Å²) in [6.45, 7) is 0.876. The van der Waals surface area contributed by atoms with Gasteiger partial charge in [0.25, 0.3) is 6.47 Å². The van der Waals surface area contributed by atoms with Gasteiger partial charge in [0, 0.05) is 37.3 Å².